The molecule has 0 aromatic heterocycles. The molecule has 140 valence electrons. The standard InChI is InChI=1S/C24H24Cl2O/c1-14-10-16(3)22(25)12-20(14)24(18-6-8-19(27-5)9-7-18)21-13-23(26)17(4)11-15(21)2/h6-13,24H,1-5H3. The molecule has 0 aliphatic rings. The molecule has 3 aromatic carbocycles. The number of aryl methyl sites for hydroxylation is 4. The molecule has 0 spiro atoms. The second kappa shape index (κ2) is 7.96. The van der Waals surface area contributed by atoms with E-state index in [0.717, 1.165) is 26.9 Å². The maximum absolute atomic E-state index is 6.50. The van der Waals surface area contributed by atoms with Crippen LogP contribution in [0.1, 0.15) is 44.9 Å². The molecule has 27 heavy (non-hydrogen) atoms. The highest BCUT2D eigenvalue weighted by Crippen LogP contribution is 2.39. The summed E-state index contributed by atoms with van der Waals surface area (Å²) in [4.78, 5) is 0. The maximum atomic E-state index is 6.50. The fourth-order valence-corrected chi connectivity index (χ4v) is 3.97. The Morgan fingerprint density at radius 3 is 1.52 bits per heavy atom. The summed E-state index contributed by atoms with van der Waals surface area (Å²) < 4.78 is 5.34. The summed E-state index contributed by atoms with van der Waals surface area (Å²) in [5.74, 6) is 0.891. The Balaban J connectivity index is 2.27. The lowest BCUT2D eigenvalue weighted by Gasteiger charge is -2.24. The van der Waals surface area contributed by atoms with Crippen molar-refractivity contribution < 1.29 is 4.74 Å². The lowest BCUT2D eigenvalue weighted by Crippen LogP contribution is -2.08. The van der Waals surface area contributed by atoms with Crippen LogP contribution in [0.15, 0.2) is 48.5 Å². The van der Waals surface area contributed by atoms with Crippen molar-refractivity contribution in [3.05, 3.63) is 97.5 Å². The molecule has 0 atom stereocenters. The Hall–Kier alpha value is -1.96. The molecule has 0 unspecified atom stereocenters. The number of ether oxygens (including phenoxy) is 1. The SMILES string of the molecule is COc1ccc(C(c2cc(Cl)c(C)cc2C)c2cc(Cl)c(C)cc2C)cc1. The first-order valence-corrected chi connectivity index (χ1v) is 9.74. The molecule has 0 fully saturated rings. The predicted octanol–water partition coefficient (Wildman–Crippen LogP) is 7.42. The Bertz CT molecular complexity index is 917. The molecule has 0 saturated carbocycles. The molecule has 0 saturated heterocycles. The zero-order valence-corrected chi connectivity index (χ0v) is 17.9. The maximum Gasteiger partial charge on any atom is 0.118 e. The molecule has 0 bridgehead atoms. The molecule has 3 heteroatoms. The third-order valence-corrected chi connectivity index (χ3v) is 5.98. The second-order valence-corrected chi connectivity index (χ2v) is 7.94. The average molecular weight is 399 g/mol. The molecular formula is C24H24Cl2O. The summed E-state index contributed by atoms with van der Waals surface area (Å²) >= 11 is 13.0. The molecule has 0 radical (unpaired) electrons. The number of halogens is 2. The normalized spacial score (nSPS) is 11.1. The van der Waals surface area contributed by atoms with Crippen molar-refractivity contribution in [2.75, 3.05) is 7.11 Å². The van der Waals surface area contributed by atoms with Crippen molar-refractivity contribution >= 4 is 23.2 Å². The van der Waals surface area contributed by atoms with Gasteiger partial charge in [0, 0.05) is 16.0 Å². The van der Waals surface area contributed by atoms with Crippen LogP contribution >= 0.6 is 23.2 Å². The van der Waals surface area contributed by atoms with E-state index in [4.69, 9.17) is 27.9 Å². The quantitative estimate of drug-likeness (QED) is 0.415. The number of hydrogen-bond donors (Lipinski definition) is 0. The largest absolute Gasteiger partial charge is 0.497 e. The van der Waals surface area contributed by atoms with Gasteiger partial charge in [0.15, 0.2) is 0 Å². The number of benzene rings is 3. The molecule has 0 aliphatic heterocycles. The first-order valence-electron chi connectivity index (χ1n) is 8.99. The van der Waals surface area contributed by atoms with Gasteiger partial charge in [0.25, 0.3) is 0 Å². The van der Waals surface area contributed by atoms with Gasteiger partial charge in [0.2, 0.25) is 0 Å². The molecule has 3 aromatic rings. The van der Waals surface area contributed by atoms with E-state index in [1.54, 1.807) is 7.11 Å². The Morgan fingerprint density at radius 2 is 1.11 bits per heavy atom. The smallest absolute Gasteiger partial charge is 0.118 e. The van der Waals surface area contributed by atoms with Gasteiger partial charge in [-0.2, -0.15) is 0 Å². The molecule has 3 rings (SSSR count). The van der Waals surface area contributed by atoms with E-state index in [-0.39, 0.29) is 5.92 Å². The van der Waals surface area contributed by atoms with Crippen LogP contribution in [0.25, 0.3) is 0 Å². The molecular weight excluding hydrogens is 375 g/mol. The van der Waals surface area contributed by atoms with Crippen LogP contribution in [0.5, 0.6) is 5.75 Å². The van der Waals surface area contributed by atoms with Crippen molar-refractivity contribution in [2.24, 2.45) is 0 Å². The van der Waals surface area contributed by atoms with Crippen LogP contribution in [0.3, 0.4) is 0 Å². The highest BCUT2D eigenvalue weighted by atomic mass is 35.5. The van der Waals surface area contributed by atoms with Crippen molar-refractivity contribution in [3.8, 4) is 5.75 Å². The van der Waals surface area contributed by atoms with E-state index < -0.39 is 0 Å². The second-order valence-electron chi connectivity index (χ2n) is 7.12. The summed E-state index contributed by atoms with van der Waals surface area (Å²) in [7, 11) is 1.68. The van der Waals surface area contributed by atoms with Gasteiger partial charge in [-0.3, -0.25) is 0 Å². The van der Waals surface area contributed by atoms with Gasteiger partial charge in [0.1, 0.15) is 5.75 Å². The highest BCUT2D eigenvalue weighted by molar-refractivity contribution is 6.31. The molecule has 1 nitrogen and oxygen atoms in total. The van der Waals surface area contributed by atoms with Crippen molar-refractivity contribution in [1.29, 1.82) is 0 Å². The average Bonchev–Trinajstić information content (AvgIpc) is 2.64. The van der Waals surface area contributed by atoms with Gasteiger partial charge in [-0.25, -0.2) is 0 Å². The van der Waals surface area contributed by atoms with E-state index in [9.17, 15) is 0 Å². The van der Waals surface area contributed by atoms with Gasteiger partial charge in [-0.1, -0.05) is 47.5 Å². The summed E-state index contributed by atoms with van der Waals surface area (Å²) in [5.41, 5.74) is 8.18. The molecule has 0 N–H and O–H groups in total. The van der Waals surface area contributed by atoms with Gasteiger partial charge < -0.3 is 4.74 Å². The van der Waals surface area contributed by atoms with Crippen LogP contribution in [0.4, 0.5) is 0 Å². The van der Waals surface area contributed by atoms with Gasteiger partial charge in [-0.05, 0) is 90.9 Å². The van der Waals surface area contributed by atoms with Crippen LogP contribution in [-0.2, 0) is 0 Å². The van der Waals surface area contributed by atoms with E-state index >= 15 is 0 Å². The first kappa shape index (κ1) is 19.8. The third-order valence-electron chi connectivity index (χ3n) is 5.17. The molecule has 0 heterocycles. The third kappa shape index (κ3) is 4.00. The summed E-state index contributed by atoms with van der Waals surface area (Å²) in [6, 6.07) is 16.7. The minimum atomic E-state index is 0.0482. The van der Waals surface area contributed by atoms with E-state index in [1.165, 1.54) is 27.8 Å². The highest BCUT2D eigenvalue weighted by Gasteiger charge is 2.22. The molecule has 0 amide bonds. The zero-order chi connectivity index (χ0) is 19.7. The van der Waals surface area contributed by atoms with Crippen molar-refractivity contribution in [1.82, 2.24) is 0 Å². The fourth-order valence-electron chi connectivity index (χ4n) is 3.63. The van der Waals surface area contributed by atoms with E-state index in [0.29, 0.717) is 0 Å². The van der Waals surface area contributed by atoms with Crippen LogP contribution in [0, 0.1) is 27.7 Å². The van der Waals surface area contributed by atoms with Crippen LogP contribution < -0.4 is 4.74 Å². The first-order chi connectivity index (χ1) is 12.8. The summed E-state index contributed by atoms with van der Waals surface area (Å²) in [6.07, 6.45) is 0. The Morgan fingerprint density at radius 1 is 0.667 bits per heavy atom. The Kier molecular flexibility index (Phi) is 5.83. The monoisotopic (exact) mass is 398 g/mol. The van der Waals surface area contributed by atoms with Gasteiger partial charge >= 0.3 is 0 Å². The number of hydrogen-bond acceptors (Lipinski definition) is 1. The van der Waals surface area contributed by atoms with Crippen molar-refractivity contribution in [2.45, 2.75) is 33.6 Å². The number of rotatable bonds is 4. The van der Waals surface area contributed by atoms with Crippen molar-refractivity contribution in [3.63, 3.8) is 0 Å². The van der Waals surface area contributed by atoms with Gasteiger partial charge in [0.05, 0.1) is 7.11 Å². The predicted molar refractivity (Wildman–Crippen MR) is 116 cm³/mol. The van der Waals surface area contributed by atoms with Crippen LogP contribution in [0.2, 0.25) is 10.0 Å². The summed E-state index contributed by atoms with van der Waals surface area (Å²) in [5, 5.41) is 1.56. The zero-order valence-electron chi connectivity index (χ0n) is 16.4. The summed E-state index contributed by atoms with van der Waals surface area (Å²) in [6.45, 7) is 8.35. The van der Waals surface area contributed by atoms with Crippen LogP contribution in [-0.4, -0.2) is 7.11 Å². The lowest BCUT2D eigenvalue weighted by atomic mass is 9.80. The molecule has 0 aliphatic carbocycles. The van der Waals surface area contributed by atoms with E-state index in [1.807, 2.05) is 26.0 Å². The topological polar surface area (TPSA) is 9.23 Å². The lowest BCUT2D eigenvalue weighted by molar-refractivity contribution is 0.414. The Labute approximate surface area is 171 Å². The number of methoxy groups -OCH3 is 1. The fraction of sp³-hybridized carbons (Fsp3) is 0.250. The van der Waals surface area contributed by atoms with E-state index in [2.05, 4.69) is 50.2 Å². The minimum absolute atomic E-state index is 0.0482. The minimum Gasteiger partial charge on any atom is -0.497 e. The van der Waals surface area contributed by atoms with Gasteiger partial charge in [-0.15, -0.1) is 0 Å².